The Bertz CT molecular complexity index is 422. The van der Waals surface area contributed by atoms with E-state index < -0.39 is 18.0 Å². The molecule has 1 unspecified atom stereocenters. The van der Waals surface area contributed by atoms with E-state index >= 15 is 0 Å². The van der Waals surface area contributed by atoms with Crippen molar-refractivity contribution in [1.82, 2.24) is 15.5 Å². The first-order chi connectivity index (χ1) is 8.52. The van der Waals surface area contributed by atoms with E-state index in [4.69, 9.17) is 9.84 Å². The molecule has 100 valence electrons. The van der Waals surface area contributed by atoms with Crippen LogP contribution in [0.4, 0.5) is 9.93 Å². The maximum atomic E-state index is 11.5. The van der Waals surface area contributed by atoms with Crippen LogP contribution >= 0.6 is 11.3 Å². The number of aryl methyl sites for hydroxylation is 1. The molecule has 2 amide bonds. The highest BCUT2D eigenvalue weighted by atomic mass is 32.1. The van der Waals surface area contributed by atoms with Crippen LogP contribution in [0.2, 0.25) is 0 Å². The fourth-order valence-electron chi connectivity index (χ4n) is 1.13. The van der Waals surface area contributed by atoms with Gasteiger partial charge in [-0.3, -0.25) is 5.32 Å². The zero-order valence-electron chi connectivity index (χ0n) is 9.97. The van der Waals surface area contributed by atoms with E-state index in [1.54, 1.807) is 6.92 Å². The van der Waals surface area contributed by atoms with Crippen molar-refractivity contribution in [3.8, 4) is 0 Å². The van der Waals surface area contributed by atoms with Gasteiger partial charge in [0.05, 0.1) is 0 Å². The number of carboxylic acid groups (broad SMARTS) is 1. The Kier molecular flexibility index (Phi) is 5.46. The molecular weight excluding hydrogens is 260 g/mol. The van der Waals surface area contributed by atoms with Crippen molar-refractivity contribution in [3.05, 3.63) is 5.01 Å². The average molecular weight is 274 g/mol. The predicted octanol–water partition coefficient (Wildman–Crippen LogP) is 0.458. The van der Waals surface area contributed by atoms with E-state index in [1.807, 2.05) is 0 Å². The number of carbonyl (C=O) groups is 2. The van der Waals surface area contributed by atoms with Crippen LogP contribution in [-0.2, 0) is 9.53 Å². The van der Waals surface area contributed by atoms with E-state index in [0.717, 1.165) is 0 Å². The number of hydrogen-bond acceptors (Lipinski definition) is 6. The Morgan fingerprint density at radius 2 is 2.22 bits per heavy atom. The lowest BCUT2D eigenvalue weighted by molar-refractivity contribution is -0.139. The summed E-state index contributed by atoms with van der Waals surface area (Å²) < 4.78 is 4.77. The summed E-state index contributed by atoms with van der Waals surface area (Å²) in [5, 5.41) is 22.1. The van der Waals surface area contributed by atoms with Crippen LogP contribution in [0.1, 0.15) is 11.4 Å². The topological polar surface area (TPSA) is 113 Å². The third-order valence-corrected chi connectivity index (χ3v) is 2.71. The van der Waals surface area contributed by atoms with Gasteiger partial charge in [0.1, 0.15) is 11.0 Å². The summed E-state index contributed by atoms with van der Waals surface area (Å²) in [6, 6.07) is -1.63. The number of aliphatic carboxylic acids is 1. The van der Waals surface area contributed by atoms with Crippen LogP contribution in [0.25, 0.3) is 0 Å². The molecule has 1 atom stereocenters. The van der Waals surface area contributed by atoms with Crippen LogP contribution in [0.3, 0.4) is 0 Å². The van der Waals surface area contributed by atoms with Crippen molar-refractivity contribution in [3.63, 3.8) is 0 Å². The Morgan fingerprint density at radius 3 is 2.72 bits per heavy atom. The summed E-state index contributed by atoms with van der Waals surface area (Å²) in [4.78, 5) is 22.4. The number of carbonyl (C=O) groups excluding carboxylic acids is 1. The molecule has 9 heteroatoms. The molecule has 0 radical (unpaired) electrons. The lowest BCUT2D eigenvalue weighted by atomic mass is 10.2. The number of aromatic nitrogens is 2. The van der Waals surface area contributed by atoms with Gasteiger partial charge in [0, 0.05) is 20.1 Å². The third kappa shape index (κ3) is 4.63. The van der Waals surface area contributed by atoms with Crippen molar-refractivity contribution >= 4 is 28.5 Å². The molecule has 0 saturated carbocycles. The average Bonchev–Trinajstić information content (AvgIpc) is 2.69. The van der Waals surface area contributed by atoms with E-state index in [2.05, 4.69) is 20.8 Å². The van der Waals surface area contributed by atoms with Crippen molar-refractivity contribution in [2.45, 2.75) is 19.4 Å². The van der Waals surface area contributed by atoms with Crippen LogP contribution < -0.4 is 10.6 Å². The Morgan fingerprint density at radius 1 is 1.50 bits per heavy atom. The van der Waals surface area contributed by atoms with Gasteiger partial charge in [0.15, 0.2) is 0 Å². The summed E-state index contributed by atoms with van der Waals surface area (Å²) in [6.07, 6.45) is 0.189. The summed E-state index contributed by atoms with van der Waals surface area (Å²) in [6.45, 7) is 1.99. The number of nitrogens with one attached hydrogen (secondary N) is 2. The van der Waals surface area contributed by atoms with Gasteiger partial charge in [-0.15, -0.1) is 10.2 Å². The fraction of sp³-hybridized carbons (Fsp3) is 0.556. The number of amides is 2. The lowest BCUT2D eigenvalue weighted by Gasteiger charge is -2.13. The van der Waals surface area contributed by atoms with E-state index in [9.17, 15) is 9.59 Å². The molecular formula is C9H14N4O4S. The Hall–Kier alpha value is -1.74. The lowest BCUT2D eigenvalue weighted by Crippen LogP contribution is -2.43. The molecule has 0 spiro atoms. The second-order valence-corrected chi connectivity index (χ2v) is 4.58. The largest absolute Gasteiger partial charge is 0.480 e. The smallest absolute Gasteiger partial charge is 0.326 e. The molecule has 0 aliphatic heterocycles. The van der Waals surface area contributed by atoms with Crippen LogP contribution in [0, 0.1) is 6.92 Å². The van der Waals surface area contributed by atoms with Gasteiger partial charge >= 0.3 is 12.0 Å². The van der Waals surface area contributed by atoms with Crippen molar-refractivity contribution in [2.75, 3.05) is 19.0 Å². The monoisotopic (exact) mass is 274 g/mol. The molecule has 0 aromatic carbocycles. The number of carboxylic acids is 1. The number of ether oxygens (including phenoxy) is 1. The summed E-state index contributed by atoms with van der Waals surface area (Å²) in [7, 11) is 1.46. The summed E-state index contributed by atoms with van der Waals surface area (Å²) >= 11 is 1.20. The van der Waals surface area contributed by atoms with Crippen molar-refractivity contribution < 1.29 is 19.4 Å². The van der Waals surface area contributed by atoms with Gasteiger partial charge in [0.25, 0.3) is 0 Å². The fourth-order valence-corrected chi connectivity index (χ4v) is 1.72. The Balaban J connectivity index is 2.48. The molecule has 0 aliphatic rings. The number of methoxy groups -OCH3 is 1. The minimum absolute atomic E-state index is 0.189. The van der Waals surface area contributed by atoms with Gasteiger partial charge < -0.3 is 15.2 Å². The first-order valence-electron chi connectivity index (χ1n) is 5.12. The van der Waals surface area contributed by atoms with Crippen LogP contribution in [0.15, 0.2) is 0 Å². The molecule has 8 nitrogen and oxygen atoms in total. The quantitative estimate of drug-likeness (QED) is 0.694. The maximum Gasteiger partial charge on any atom is 0.326 e. The normalized spacial score (nSPS) is 11.9. The molecule has 0 aliphatic carbocycles. The van der Waals surface area contributed by atoms with Crippen LogP contribution in [-0.4, -0.2) is 47.1 Å². The van der Waals surface area contributed by atoms with Gasteiger partial charge in [-0.05, 0) is 6.92 Å². The molecule has 1 aromatic heterocycles. The van der Waals surface area contributed by atoms with E-state index in [1.165, 1.54) is 18.4 Å². The molecule has 18 heavy (non-hydrogen) atoms. The second-order valence-electron chi connectivity index (χ2n) is 3.40. The van der Waals surface area contributed by atoms with Gasteiger partial charge in [0.2, 0.25) is 5.13 Å². The minimum Gasteiger partial charge on any atom is -0.480 e. The van der Waals surface area contributed by atoms with E-state index in [-0.39, 0.29) is 13.0 Å². The van der Waals surface area contributed by atoms with Gasteiger partial charge in [-0.25, -0.2) is 9.59 Å². The highest BCUT2D eigenvalue weighted by Crippen LogP contribution is 2.13. The van der Waals surface area contributed by atoms with Gasteiger partial charge in [-0.1, -0.05) is 11.3 Å². The third-order valence-electron chi connectivity index (χ3n) is 1.96. The molecule has 0 bridgehead atoms. The first kappa shape index (κ1) is 14.3. The number of anilines is 1. The number of rotatable bonds is 6. The number of hydrogen-bond donors (Lipinski definition) is 3. The zero-order valence-corrected chi connectivity index (χ0v) is 10.8. The molecule has 1 aromatic rings. The highest BCUT2D eigenvalue weighted by molar-refractivity contribution is 7.15. The summed E-state index contributed by atoms with van der Waals surface area (Å²) in [5.41, 5.74) is 0. The molecule has 0 fully saturated rings. The molecule has 1 rings (SSSR count). The van der Waals surface area contributed by atoms with Crippen molar-refractivity contribution in [1.29, 1.82) is 0 Å². The molecule has 0 saturated heterocycles. The minimum atomic E-state index is -1.12. The second kappa shape index (κ2) is 6.87. The van der Waals surface area contributed by atoms with E-state index in [0.29, 0.717) is 10.1 Å². The standard InChI is InChI=1S/C9H14N4O4S/c1-5-12-13-9(18-5)11-8(16)10-6(7(14)15)3-4-17-2/h6H,3-4H2,1-2H3,(H,14,15)(H2,10,11,13,16). The number of urea groups is 1. The van der Waals surface area contributed by atoms with Gasteiger partial charge in [-0.2, -0.15) is 0 Å². The highest BCUT2D eigenvalue weighted by Gasteiger charge is 2.20. The SMILES string of the molecule is COCCC(NC(=O)Nc1nnc(C)s1)C(=O)O. The summed E-state index contributed by atoms with van der Waals surface area (Å²) in [5.74, 6) is -1.12. The first-order valence-corrected chi connectivity index (χ1v) is 5.94. The Labute approximate surface area is 107 Å². The molecule has 1 heterocycles. The van der Waals surface area contributed by atoms with Crippen LogP contribution in [0.5, 0.6) is 0 Å². The van der Waals surface area contributed by atoms with Crippen molar-refractivity contribution in [2.24, 2.45) is 0 Å². The molecule has 3 N–H and O–H groups in total. The zero-order chi connectivity index (χ0) is 13.5. The predicted molar refractivity (Wildman–Crippen MR) is 64.7 cm³/mol. The number of nitrogens with zero attached hydrogens (tertiary/aromatic N) is 2. The maximum absolute atomic E-state index is 11.5.